The highest BCUT2D eigenvalue weighted by molar-refractivity contribution is 6.30. The van der Waals surface area contributed by atoms with Crippen LogP contribution in [-0.2, 0) is 6.54 Å². The lowest BCUT2D eigenvalue weighted by atomic mass is 10.2. The van der Waals surface area contributed by atoms with Crippen LogP contribution in [-0.4, -0.2) is 12.0 Å². The Labute approximate surface area is 106 Å². The summed E-state index contributed by atoms with van der Waals surface area (Å²) in [6.45, 7) is 0.806. The SMILES string of the molecule is CN(Cc1ccc(Cl)cc1)c1ccnc(N)c1. The maximum Gasteiger partial charge on any atom is 0.125 e. The zero-order valence-electron chi connectivity index (χ0n) is 9.60. The normalized spacial score (nSPS) is 10.2. The summed E-state index contributed by atoms with van der Waals surface area (Å²) < 4.78 is 0. The fourth-order valence-electron chi connectivity index (χ4n) is 1.63. The summed E-state index contributed by atoms with van der Waals surface area (Å²) in [6, 6.07) is 11.6. The van der Waals surface area contributed by atoms with Gasteiger partial charge in [-0.25, -0.2) is 4.98 Å². The van der Waals surface area contributed by atoms with E-state index in [1.54, 1.807) is 6.20 Å². The standard InChI is InChI=1S/C13H14ClN3/c1-17(12-6-7-16-13(15)8-12)9-10-2-4-11(14)5-3-10/h2-8H,9H2,1H3,(H2,15,16). The van der Waals surface area contributed by atoms with Gasteiger partial charge in [0.15, 0.2) is 0 Å². The minimum absolute atomic E-state index is 0.533. The molecule has 0 amide bonds. The largest absolute Gasteiger partial charge is 0.384 e. The fraction of sp³-hybridized carbons (Fsp3) is 0.154. The van der Waals surface area contributed by atoms with Crippen molar-refractivity contribution in [1.82, 2.24) is 4.98 Å². The van der Waals surface area contributed by atoms with Gasteiger partial charge in [-0.2, -0.15) is 0 Å². The van der Waals surface area contributed by atoms with Crippen molar-refractivity contribution in [3.05, 3.63) is 53.2 Å². The Hall–Kier alpha value is -1.74. The third-order valence-corrected chi connectivity index (χ3v) is 2.79. The highest BCUT2D eigenvalue weighted by Crippen LogP contribution is 2.17. The van der Waals surface area contributed by atoms with Gasteiger partial charge in [-0.1, -0.05) is 23.7 Å². The number of hydrogen-bond acceptors (Lipinski definition) is 3. The van der Waals surface area contributed by atoms with E-state index in [0.29, 0.717) is 5.82 Å². The number of nitrogen functional groups attached to an aromatic ring is 1. The van der Waals surface area contributed by atoms with Crippen LogP contribution in [0.5, 0.6) is 0 Å². The predicted molar refractivity (Wildman–Crippen MR) is 72.2 cm³/mol. The number of benzene rings is 1. The van der Waals surface area contributed by atoms with Gasteiger partial charge in [0.05, 0.1) is 0 Å². The van der Waals surface area contributed by atoms with E-state index in [9.17, 15) is 0 Å². The summed E-state index contributed by atoms with van der Waals surface area (Å²) in [6.07, 6.45) is 1.71. The van der Waals surface area contributed by atoms with Crippen molar-refractivity contribution in [2.45, 2.75) is 6.54 Å². The molecular formula is C13H14ClN3. The van der Waals surface area contributed by atoms with Crippen molar-refractivity contribution in [1.29, 1.82) is 0 Å². The number of halogens is 1. The number of pyridine rings is 1. The van der Waals surface area contributed by atoms with Gasteiger partial charge in [0.1, 0.15) is 5.82 Å². The molecule has 2 N–H and O–H groups in total. The molecule has 0 fully saturated rings. The number of nitrogens with two attached hydrogens (primary N) is 1. The first-order valence-corrected chi connectivity index (χ1v) is 5.70. The molecule has 1 aromatic heterocycles. The molecule has 88 valence electrons. The summed E-state index contributed by atoms with van der Waals surface area (Å²) in [5, 5.41) is 0.754. The van der Waals surface area contributed by atoms with Gasteiger partial charge in [-0.3, -0.25) is 0 Å². The van der Waals surface area contributed by atoms with E-state index in [2.05, 4.69) is 9.88 Å². The van der Waals surface area contributed by atoms with E-state index in [0.717, 1.165) is 17.3 Å². The molecule has 0 aliphatic heterocycles. The Bertz CT molecular complexity index is 496. The van der Waals surface area contributed by atoms with E-state index in [1.807, 2.05) is 43.4 Å². The second kappa shape index (κ2) is 5.06. The van der Waals surface area contributed by atoms with E-state index in [1.165, 1.54) is 5.56 Å². The predicted octanol–water partition coefficient (Wildman–Crippen LogP) is 2.95. The minimum Gasteiger partial charge on any atom is -0.384 e. The summed E-state index contributed by atoms with van der Waals surface area (Å²) in [5.74, 6) is 0.533. The van der Waals surface area contributed by atoms with Gasteiger partial charge in [0.25, 0.3) is 0 Å². The van der Waals surface area contributed by atoms with Gasteiger partial charge in [0.2, 0.25) is 0 Å². The molecule has 0 unspecified atom stereocenters. The molecule has 0 spiro atoms. The monoisotopic (exact) mass is 247 g/mol. The number of hydrogen-bond donors (Lipinski definition) is 1. The van der Waals surface area contributed by atoms with E-state index < -0.39 is 0 Å². The van der Waals surface area contributed by atoms with Crippen LogP contribution in [0.2, 0.25) is 5.02 Å². The second-order valence-corrected chi connectivity index (χ2v) is 4.36. The molecule has 0 aliphatic carbocycles. The third-order valence-electron chi connectivity index (χ3n) is 2.54. The maximum atomic E-state index is 5.85. The van der Waals surface area contributed by atoms with Crippen molar-refractivity contribution in [2.24, 2.45) is 0 Å². The Kier molecular flexibility index (Phi) is 3.49. The first kappa shape index (κ1) is 11.7. The highest BCUT2D eigenvalue weighted by Gasteiger charge is 2.02. The zero-order chi connectivity index (χ0) is 12.3. The number of aromatic nitrogens is 1. The lowest BCUT2D eigenvalue weighted by Crippen LogP contribution is -2.16. The van der Waals surface area contributed by atoms with E-state index in [-0.39, 0.29) is 0 Å². The Morgan fingerprint density at radius 2 is 1.94 bits per heavy atom. The number of rotatable bonds is 3. The molecule has 0 saturated heterocycles. The molecule has 1 aromatic carbocycles. The smallest absolute Gasteiger partial charge is 0.125 e. The molecule has 1 heterocycles. The van der Waals surface area contributed by atoms with Crippen LogP contribution in [0.15, 0.2) is 42.6 Å². The summed E-state index contributed by atoms with van der Waals surface area (Å²) >= 11 is 5.85. The number of anilines is 2. The average Bonchev–Trinajstić information content (AvgIpc) is 2.32. The Morgan fingerprint density at radius 1 is 1.24 bits per heavy atom. The molecule has 2 aromatic rings. The molecule has 4 heteroatoms. The van der Waals surface area contributed by atoms with Crippen LogP contribution in [0.1, 0.15) is 5.56 Å². The van der Waals surface area contributed by atoms with Gasteiger partial charge in [-0.05, 0) is 23.8 Å². The average molecular weight is 248 g/mol. The van der Waals surface area contributed by atoms with Gasteiger partial charge in [0, 0.05) is 36.6 Å². The first-order chi connectivity index (χ1) is 8.15. The molecule has 0 bridgehead atoms. The van der Waals surface area contributed by atoms with Crippen LogP contribution >= 0.6 is 11.6 Å². The van der Waals surface area contributed by atoms with Crippen LogP contribution in [0.4, 0.5) is 11.5 Å². The fourth-order valence-corrected chi connectivity index (χ4v) is 1.75. The molecule has 2 rings (SSSR count). The van der Waals surface area contributed by atoms with Crippen molar-refractivity contribution in [2.75, 3.05) is 17.7 Å². The molecular weight excluding hydrogens is 234 g/mol. The maximum absolute atomic E-state index is 5.85. The number of nitrogens with zero attached hydrogens (tertiary/aromatic N) is 2. The van der Waals surface area contributed by atoms with Crippen molar-refractivity contribution >= 4 is 23.1 Å². The quantitative estimate of drug-likeness (QED) is 0.907. The van der Waals surface area contributed by atoms with E-state index >= 15 is 0 Å². The molecule has 17 heavy (non-hydrogen) atoms. The lowest BCUT2D eigenvalue weighted by Gasteiger charge is -2.19. The molecule has 0 radical (unpaired) electrons. The van der Waals surface area contributed by atoms with Crippen molar-refractivity contribution in [3.8, 4) is 0 Å². The van der Waals surface area contributed by atoms with Gasteiger partial charge < -0.3 is 10.6 Å². The second-order valence-electron chi connectivity index (χ2n) is 3.92. The Morgan fingerprint density at radius 3 is 2.59 bits per heavy atom. The third kappa shape index (κ3) is 3.11. The molecule has 0 saturated carbocycles. The summed E-state index contributed by atoms with van der Waals surface area (Å²) in [7, 11) is 2.02. The minimum atomic E-state index is 0.533. The first-order valence-electron chi connectivity index (χ1n) is 5.32. The van der Waals surface area contributed by atoms with Crippen molar-refractivity contribution < 1.29 is 0 Å². The highest BCUT2D eigenvalue weighted by atomic mass is 35.5. The lowest BCUT2D eigenvalue weighted by molar-refractivity contribution is 0.921. The van der Waals surface area contributed by atoms with Gasteiger partial charge in [-0.15, -0.1) is 0 Å². The van der Waals surface area contributed by atoms with Gasteiger partial charge >= 0.3 is 0 Å². The molecule has 0 aliphatic rings. The van der Waals surface area contributed by atoms with Crippen LogP contribution in [0.3, 0.4) is 0 Å². The molecule has 0 atom stereocenters. The van der Waals surface area contributed by atoms with Crippen molar-refractivity contribution in [3.63, 3.8) is 0 Å². The Balaban J connectivity index is 2.11. The zero-order valence-corrected chi connectivity index (χ0v) is 10.4. The van der Waals surface area contributed by atoms with Crippen LogP contribution in [0.25, 0.3) is 0 Å². The van der Waals surface area contributed by atoms with E-state index in [4.69, 9.17) is 17.3 Å². The molecule has 3 nitrogen and oxygen atoms in total. The van der Waals surface area contributed by atoms with Crippen LogP contribution < -0.4 is 10.6 Å². The summed E-state index contributed by atoms with van der Waals surface area (Å²) in [5.41, 5.74) is 7.90. The van der Waals surface area contributed by atoms with Crippen LogP contribution in [0, 0.1) is 0 Å². The topological polar surface area (TPSA) is 42.2 Å². The summed E-state index contributed by atoms with van der Waals surface area (Å²) in [4.78, 5) is 6.09.